The Labute approximate surface area is 248 Å². The quantitative estimate of drug-likeness (QED) is 0.310. The summed E-state index contributed by atoms with van der Waals surface area (Å²) in [6, 6.07) is 21.4. The van der Waals surface area contributed by atoms with Crippen LogP contribution in [0.3, 0.4) is 0 Å². The monoisotopic (exact) mass is 577 g/mol. The number of carbonyl (C=O) groups is 4. The molecule has 9 nitrogen and oxygen atoms in total. The normalized spacial score (nSPS) is 29.4. The van der Waals surface area contributed by atoms with Gasteiger partial charge in [-0.3, -0.25) is 29.9 Å². The zero-order valence-electron chi connectivity index (χ0n) is 23.7. The molecule has 0 bridgehead atoms. The zero-order chi connectivity index (χ0) is 30.0. The third-order valence-electron chi connectivity index (χ3n) is 9.78. The van der Waals surface area contributed by atoms with Gasteiger partial charge in [0, 0.05) is 11.5 Å². The van der Waals surface area contributed by atoms with E-state index >= 15 is 0 Å². The molecule has 2 heterocycles. The second-order valence-electron chi connectivity index (χ2n) is 11.9. The van der Waals surface area contributed by atoms with Crippen LogP contribution in [0.4, 0.5) is 5.69 Å². The average Bonchev–Trinajstić information content (AvgIpc) is 3.43. The lowest BCUT2D eigenvalue weighted by Crippen LogP contribution is -2.53. The summed E-state index contributed by atoms with van der Waals surface area (Å²) in [7, 11) is 1.52. The Morgan fingerprint density at radius 2 is 1.70 bits per heavy atom. The second-order valence-corrected chi connectivity index (χ2v) is 11.9. The number of nitrogens with one attached hydrogen (secondary N) is 2. The highest BCUT2D eigenvalue weighted by Gasteiger charge is 2.70. The third kappa shape index (κ3) is 3.84. The number of rotatable bonds is 5. The van der Waals surface area contributed by atoms with Crippen LogP contribution >= 0.6 is 0 Å². The van der Waals surface area contributed by atoms with E-state index < -0.39 is 46.8 Å². The van der Waals surface area contributed by atoms with E-state index in [2.05, 4.69) is 10.7 Å². The van der Waals surface area contributed by atoms with E-state index in [9.17, 15) is 24.3 Å². The number of phenols is 1. The predicted molar refractivity (Wildman–Crippen MR) is 157 cm³/mol. The van der Waals surface area contributed by atoms with Crippen LogP contribution in [0, 0.1) is 30.6 Å². The number of aromatic hydroxyl groups is 1. The first-order chi connectivity index (χ1) is 20.7. The number of methoxy groups -OCH3 is 1. The van der Waals surface area contributed by atoms with Crippen molar-refractivity contribution in [3.8, 4) is 11.5 Å². The fourth-order valence-corrected chi connectivity index (χ4v) is 7.89. The van der Waals surface area contributed by atoms with Gasteiger partial charge < -0.3 is 9.84 Å². The number of benzene rings is 3. The van der Waals surface area contributed by atoms with Gasteiger partial charge in [0.1, 0.15) is 11.5 Å². The molecule has 0 spiro atoms. The molecule has 9 heteroatoms. The number of ether oxygens (including phenoxy) is 1. The molecule has 4 amide bonds. The van der Waals surface area contributed by atoms with Crippen LogP contribution in [-0.4, -0.2) is 40.9 Å². The van der Waals surface area contributed by atoms with Crippen LogP contribution in [0.2, 0.25) is 0 Å². The Morgan fingerprint density at radius 3 is 2.42 bits per heavy atom. The molecule has 3 aromatic carbocycles. The number of hydrazine groups is 1. The van der Waals surface area contributed by atoms with Gasteiger partial charge in [0.05, 0.1) is 36.0 Å². The van der Waals surface area contributed by atoms with Gasteiger partial charge in [-0.25, -0.2) is 0 Å². The first-order valence-corrected chi connectivity index (χ1v) is 14.4. The van der Waals surface area contributed by atoms with Crippen molar-refractivity contribution in [1.29, 1.82) is 0 Å². The number of aryl methyl sites for hydroxylation is 1. The predicted octanol–water partition coefficient (Wildman–Crippen LogP) is 3.98. The molecule has 2 saturated heterocycles. The summed E-state index contributed by atoms with van der Waals surface area (Å²) in [5.41, 5.74) is 5.05. The maximum atomic E-state index is 15.0. The molecule has 6 unspecified atom stereocenters. The van der Waals surface area contributed by atoms with Crippen molar-refractivity contribution in [2.24, 2.45) is 23.7 Å². The minimum atomic E-state index is -1.45. The molecule has 1 saturated carbocycles. The van der Waals surface area contributed by atoms with Gasteiger partial charge >= 0.3 is 0 Å². The van der Waals surface area contributed by atoms with Crippen molar-refractivity contribution in [3.05, 3.63) is 101 Å². The number of phenolic OH excluding ortho intramolecular Hbond substituents is 1. The summed E-state index contributed by atoms with van der Waals surface area (Å²) in [6.45, 7) is 1.95. The first kappa shape index (κ1) is 26.9. The van der Waals surface area contributed by atoms with E-state index in [1.165, 1.54) is 13.2 Å². The van der Waals surface area contributed by atoms with E-state index in [1.807, 2.05) is 55.5 Å². The highest BCUT2D eigenvalue weighted by Crippen LogP contribution is 2.64. The van der Waals surface area contributed by atoms with E-state index in [0.717, 1.165) is 16.1 Å². The minimum absolute atomic E-state index is 0.0549. The lowest BCUT2D eigenvalue weighted by molar-refractivity contribution is -0.138. The van der Waals surface area contributed by atoms with Crippen LogP contribution < -0.4 is 15.5 Å². The Balaban J connectivity index is 1.48. The Hall–Kier alpha value is -4.92. The lowest BCUT2D eigenvalue weighted by Gasteiger charge is -2.50. The Morgan fingerprint density at radius 1 is 0.953 bits per heavy atom. The van der Waals surface area contributed by atoms with Crippen LogP contribution in [0.1, 0.15) is 35.4 Å². The van der Waals surface area contributed by atoms with Crippen LogP contribution in [0.15, 0.2) is 84.4 Å². The van der Waals surface area contributed by atoms with Crippen molar-refractivity contribution in [2.75, 3.05) is 12.5 Å². The SMILES string of the molecule is COc1ccc(O)c(C2C3=CCC4C(=O)NC(=O)C4C3CC3C(=O)N(Nc4ccc(C)cc4)C(=O)C32c2ccccc2)c1. The summed E-state index contributed by atoms with van der Waals surface area (Å²) in [5.74, 6) is -4.54. The third-order valence-corrected chi connectivity index (χ3v) is 9.78. The number of nitrogens with zero attached hydrogens (tertiary/aromatic N) is 1. The molecule has 2 aliphatic carbocycles. The number of hydrogen-bond donors (Lipinski definition) is 3. The molecule has 4 aliphatic rings. The van der Waals surface area contributed by atoms with Gasteiger partial charge in [0.25, 0.3) is 11.8 Å². The molecule has 3 N–H and O–H groups in total. The largest absolute Gasteiger partial charge is 0.508 e. The van der Waals surface area contributed by atoms with E-state index in [-0.39, 0.29) is 24.0 Å². The number of anilines is 1. The maximum Gasteiger partial charge on any atom is 0.260 e. The first-order valence-electron chi connectivity index (χ1n) is 14.4. The average molecular weight is 578 g/mol. The Bertz CT molecular complexity index is 1700. The molecule has 218 valence electrons. The summed E-state index contributed by atoms with van der Waals surface area (Å²) in [5, 5.41) is 15.0. The maximum absolute atomic E-state index is 15.0. The standard InChI is InChI=1S/C34H31N3O6/c1-18-8-10-20(11-9-18)36-37-32(41)26-17-24-22(13-14-23-28(24)31(40)35-30(23)39)29(25-16-21(43-2)12-15-27(25)38)34(26,33(37)42)19-6-4-3-5-7-19/h3-13,15-16,23-24,26,28-29,36,38H,14,17H2,1-2H3,(H,35,39,40). The molecule has 0 radical (unpaired) electrons. The number of hydrogen-bond acceptors (Lipinski definition) is 7. The number of carbonyl (C=O) groups excluding carboxylic acids is 4. The number of allylic oxidation sites excluding steroid dienone is 2. The molecule has 7 rings (SSSR count). The van der Waals surface area contributed by atoms with Crippen LogP contribution in [0.25, 0.3) is 0 Å². The molecule has 3 fully saturated rings. The van der Waals surface area contributed by atoms with Crippen molar-refractivity contribution >= 4 is 29.3 Å². The highest BCUT2D eigenvalue weighted by molar-refractivity contribution is 6.13. The van der Waals surface area contributed by atoms with Crippen molar-refractivity contribution < 1.29 is 29.0 Å². The molecule has 43 heavy (non-hydrogen) atoms. The van der Waals surface area contributed by atoms with E-state index in [0.29, 0.717) is 29.0 Å². The van der Waals surface area contributed by atoms with Crippen molar-refractivity contribution in [3.63, 3.8) is 0 Å². The topological polar surface area (TPSA) is 125 Å². The summed E-state index contributed by atoms with van der Waals surface area (Å²) in [6.07, 6.45) is 2.46. The Kier molecular flexibility index (Phi) is 6.16. The smallest absolute Gasteiger partial charge is 0.260 e. The molecule has 6 atom stereocenters. The highest BCUT2D eigenvalue weighted by atomic mass is 16.5. The van der Waals surface area contributed by atoms with Gasteiger partial charge in [-0.15, -0.1) is 0 Å². The number of imide groups is 2. The minimum Gasteiger partial charge on any atom is -0.508 e. The van der Waals surface area contributed by atoms with Gasteiger partial charge in [-0.05, 0) is 61.6 Å². The molecule has 3 aromatic rings. The summed E-state index contributed by atoms with van der Waals surface area (Å²) >= 11 is 0. The van der Waals surface area contributed by atoms with Crippen molar-refractivity contribution in [1.82, 2.24) is 10.3 Å². The second kappa shape index (κ2) is 9.83. The lowest BCUT2D eigenvalue weighted by atomic mass is 9.49. The van der Waals surface area contributed by atoms with Gasteiger partial charge in [-0.2, -0.15) is 5.01 Å². The summed E-state index contributed by atoms with van der Waals surface area (Å²) < 4.78 is 5.53. The van der Waals surface area contributed by atoms with Gasteiger partial charge in [0.15, 0.2) is 0 Å². The van der Waals surface area contributed by atoms with E-state index in [4.69, 9.17) is 4.74 Å². The van der Waals surface area contributed by atoms with Crippen LogP contribution in [0.5, 0.6) is 11.5 Å². The van der Waals surface area contributed by atoms with Crippen LogP contribution in [-0.2, 0) is 24.6 Å². The number of amides is 4. The van der Waals surface area contributed by atoms with Gasteiger partial charge in [0.2, 0.25) is 11.8 Å². The van der Waals surface area contributed by atoms with Gasteiger partial charge in [-0.1, -0.05) is 59.7 Å². The fraction of sp³-hybridized carbons (Fsp3) is 0.294. The molecular formula is C34H31N3O6. The van der Waals surface area contributed by atoms with E-state index in [1.54, 1.807) is 24.3 Å². The number of fused-ring (bicyclic) bond motifs is 4. The zero-order valence-corrected chi connectivity index (χ0v) is 23.7. The molecule has 0 aromatic heterocycles. The van der Waals surface area contributed by atoms with Crippen molar-refractivity contribution in [2.45, 2.75) is 31.1 Å². The molecule has 2 aliphatic heterocycles. The summed E-state index contributed by atoms with van der Waals surface area (Å²) in [4.78, 5) is 55.4. The fourth-order valence-electron chi connectivity index (χ4n) is 7.89. The molecular weight excluding hydrogens is 546 g/mol.